The van der Waals surface area contributed by atoms with Gasteiger partial charge in [-0.3, -0.25) is 0 Å². The minimum absolute atomic E-state index is 0.839. The molecule has 0 fully saturated rings. The standard InChI is InChI=1S/C23H41O2Si/c1-4-6-8-10-12-16-20-24-26(23-19-15-14-18-22(23)3)25-21-17-13-11-9-7-5-2/h14-15,18-19H,4-13,16-17,20-21H2,1-3H3. The van der Waals surface area contributed by atoms with Crippen LogP contribution < -0.4 is 5.19 Å². The third kappa shape index (κ3) is 11.2. The van der Waals surface area contributed by atoms with E-state index in [1.54, 1.807) is 0 Å². The van der Waals surface area contributed by atoms with Crippen molar-refractivity contribution in [3.8, 4) is 0 Å². The summed E-state index contributed by atoms with van der Waals surface area (Å²) in [6.07, 6.45) is 15.6. The molecule has 0 atom stereocenters. The average Bonchev–Trinajstić information content (AvgIpc) is 2.65. The summed E-state index contributed by atoms with van der Waals surface area (Å²) in [5.41, 5.74) is 1.30. The molecule has 0 aromatic heterocycles. The van der Waals surface area contributed by atoms with Crippen LogP contribution in [0.25, 0.3) is 0 Å². The first-order chi connectivity index (χ1) is 12.8. The summed E-state index contributed by atoms with van der Waals surface area (Å²) >= 11 is 0. The maximum atomic E-state index is 6.24. The molecule has 1 rings (SSSR count). The highest BCUT2D eigenvalue weighted by atomic mass is 28.3. The van der Waals surface area contributed by atoms with E-state index in [0.717, 1.165) is 26.1 Å². The lowest BCUT2D eigenvalue weighted by Gasteiger charge is -2.17. The predicted molar refractivity (Wildman–Crippen MR) is 115 cm³/mol. The lowest BCUT2D eigenvalue weighted by molar-refractivity contribution is 0.199. The van der Waals surface area contributed by atoms with Gasteiger partial charge in [-0.05, 0) is 30.5 Å². The van der Waals surface area contributed by atoms with Crippen molar-refractivity contribution in [2.75, 3.05) is 13.2 Å². The zero-order chi connectivity index (χ0) is 18.9. The van der Waals surface area contributed by atoms with Crippen molar-refractivity contribution in [2.24, 2.45) is 0 Å². The van der Waals surface area contributed by atoms with E-state index >= 15 is 0 Å². The molecule has 26 heavy (non-hydrogen) atoms. The van der Waals surface area contributed by atoms with Gasteiger partial charge in [-0.2, -0.15) is 0 Å². The van der Waals surface area contributed by atoms with Crippen molar-refractivity contribution in [3.63, 3.8) is 0 Å². The van der Waals surface area contributed by atoms with Gasteiger partial charge in [0, 0.05) is 13.2 Å². The minimum atomic E-state index is -1.35. The van der Waals surface area contributed by atoms with Crippen molar-refractivity contribution >= 4 is 14.5 Å². The predicted octanol–water partition coefficient (Wildman–Crippen LogP) is 6.44. The maximum Gasteiger partial charge on any atom is 0.423 e. The third-order valence-electron chi connectivity index (χ3n) is 4.83. The van der Waals surface area contributed by atoms with Crippen LogP contribution in [0, 0.1) is 6.92 Å². The summed E-state index contributed by atoms with van der Waals surface area (Å²) < 4.78 is 12.5. The van der Waals surface area contributed by atoms with Gasteiger partial charge in [0.15, 0.2) is 0 Å². The molecule has 0 heterocycles. The number of hydrogen-bond acceptors (Lipinski definition) is 2. The second-order valence-electron chi connectivity index (χ2n) is 7.33. The number of benzene rings is 1. The highest BCUT2D eigenvalue weighted by Gasteiger charge is 2.20. The van der Waals surface area contributed by atoms with Gasteiger partial charge >= 0.3 is 9.28 Å². The summed E-state index contributed by atoms with van der Waals surface area (Å²) in [4.78, 5) is 0. The molecular weight excluding hydrogens is 336 g/mol. The molecule has 3 heteroatoms. The molecule has 0 unspecified atom stereocenters. The number of unbranched alkanes of at least 4 members (excludes halogenated alkanes) is 10. The van der Waals surface area contributed by atoms with Gasteiger partial charge in [0.1, 0.15) is 0 Å². The molecule has 0 amide bonds. The van der Waals surface area contributed by atoms with Crippen LogP contribution in [0.1, 0.15) is 96.5 Å². The Kier molecular flexibility index (Phi) is 14.9. The van der Waals surface area contributed by atoms with E-state index in [1.807, 2.05) is 0 Å². The third-order valence-corrected chi connectivity index (χ3v) is 6.76. The van der Waals surface area contributed by atoms with Crippen LogP contribution in [0.3, 0.4) is 0 Å². The molecule has 0 N–H and O–H groups in total. The van der Waals surface area contributed by atoms with Crippen LogP contribution >= 0.6 is 0 Å². The monoisotopic (exact) mass is 377 g/mol. The molecule has 0 aliphatic rings. The first kappa shape index (κ1) is 23.4. The molecule has 0 spiro atoms. The van der Waals surface area contributed by atoms with Crippen LogP contribution in [0.2, 0.25) is 0 Å². The summed E-state index contributed by atoms with van der Waals surface area (Å²) in [6, 6.07) is 8.56. The molecule has 0 saturated heterocycles. The summed E-state index contributed by atoms with van der Waals surface area (Å²) in [5, 5.41) is 1.29. The SMILES string of the molecule is CCCCCCCCO[Si](OCCCCCCCC)c1ccccc1C. The van der Waals surface area contributed by atoms with Crippen LogP contribution in [0.15, 0.2) is 24.3 Å². The number of hydrogen-bond donors (Lipinski definition) is 0. The number of aryl methyl sites for hydroxylation is 1. The highest BCUT2D eigenvalue weighted by Crippen LogP contribution is 2.08. The lowest BCUT2D eigenvalue weighted by atomic mass is 10.1. The second-order valence-corrected chi connectivity index (χ2v) is 9.03. The Bertz CT molecular complexity index is 418. The van der Waals surface area contributed by atoms with Crippen LogP contribution in [-0.2, 0) is 8.85 Å². The van der Waals surface area contributed by atoms with Crippen molar-refractivity contribution < 1.29 is 8.85 Å². The fourth-order valence-corrected chi connectivity index (χ4v) is 4.79. The molecule has 0 aliphatic heterocycles. The summed E-state index contributed by atoms with van der Waals surface area (Å²) in [6.45, 7) is 8.38. The Labute approximate surface area is 164 Å². The van der Waals surface area contributed by atoms with E-state index < -0.39 is 9.28 Å². The van der Waals surface area contributed by atoms with E-state index in [-0.39, 0.29) is 0 Å². The van der Waals surface area contributed by atoms with Gasteiger partial charge in [-0.25, -0.2) is 0 Å². The molecule has 0 aliphatic carbocycles. The van der Waals surface area contributed by atoms with Crippen molar-refractivity contribution in [3.05, 3.63) is 29.8 Å². The first-order valence-electron chi connectivity index (χ1n) is 11.0. The highest BCUT2D eigenvalue weighted by molar-refractivity contribution is 6.61. The van der Waals surface area contributed by atoms with Gasteiger partial charge in [0.05, 0.1) is 0 Å². The van der Waals surface area contributed by atoms with E-state index in [9.17, 15) is 0 Å². The molecule has 149 valence electrons. The average molecular weight is 378 g/mol. The smallest absolute Gasteiger partial charge is 0.390 e. The molecular formula is C23H41O2Si. The van der Waals surface area contributed by atoms with E-state index in [4.69, 9.17) is 8.85 Å². The van der Waals surface area contributed by atoms with Gasteiger partial charge in [0.25, 0.3) is 0 Å². The van der Waals surface area contributed by atoms with Crippen LogP contribution in [-0.4, -0.2) is 22.5 Å². The Morgan fingerprint density at radius 3 is 1.62 bits per heavy atom. The van der Waals surface area contributed by atoms with Crippen molar-refractivity contribution in [1.82, 2.24) is 0 Å². The van der Waals surface area contributed by atoms with Crippen LogP contribution in [0.4, 0.5) is 0 Å². The van der Waals surface area contributed by atoms with Crippen molar-refractivity contribution in [2.45, 2.75) is 97.8 Å². The van der Waals surface area contributed by atoms with E-state index in [0.29, 0.717) is 0 Å². The lowest BCUT2D eigenvalue weighted by Crippen LogP contribution is -2.39. The molecule has 0 saturated carbocycles. The largest absolute Gasteiger partial charge is 0.423 e. The summed E-state index contributed by atoms with van der Waals surface area (Å²) in [5.74, 6) is 0. The maximum absolute atomic E-state index is 6.24. The van der Waals surface area contributed by atoms with Crippen molar-refractivity contribution in [1.29, 1.82) is 0 Å². The Morgan fingerprint density at radius 2 is 1.12 bits per heavy atom. The Balaban J connectivity index is 2.32. The Morgan fingerprint density at radius 1 is 0.654 bits per heavy atom. The molecule has 1 radical (unpaired) electrons. The van der Waals surface area contributed by atoms with Gasteiger partial charge in [-0.15, -0.1) is 0 Å². The van der Waals surface area contributed by atoms with E-state index in [2.05, 4.69) is 45.0 Å². The summed E-state index contributed by atoms with van der Waals surface area (Å²) in [7, 11) is -1.35. The fourth-order valence-electron chi connectivity index (χ4n) is 3.09. The quantitative estimate of drug-likeness (QED) is 0.229. The first-order valence-corrected chi connectivity index (χ1v) is 12.3. The normalized spacial score (nSPS) is 11.4. The zero-order valence-electron chi connectivity index (χ0n) is 17.5. The zero-order valence-corrected chi connectivity index (χ0v) is 18.5. The molecule has 1 aromatic rings. The molecule has 2 nitrogen and oxygen atoms in total. The minimum Gasteiger partial charge on any atom is -0.390 e. The molecule has 0 bridgehead atoms. The van der Waals surface area contributed by atoms with Gasteiger partial charge in [-0.1, -0.05) is 102 Å². The number of rotatable bonds is 17. The second kappa shape index (κ2) is 16.5. The topological polar surface area (TPSA) is 18.5 Å². The van der Waals surface area contributed by atoms with Gasteiger partial charge in [0.2, 0.25) is 0 Å². The van der Waals surface area contributed by atoms with Crippen LogP contribution in [0.5, 0.6) is 0 Å². The van der Waals surface area contributed by atoms with E-state index in [1.165, 1.54) is 75.0 Å². The molecule has 1 aromatic carbocycles. The van der Waals surface area contributed by atoms with Gasteiger partial charge < -0.3 is 8.85 Å². The Hall–Kier alpha value is -0.643. The fraction of sp³-hybridized carbons (Fsp3) is 0.739.